The van der Waals surface area contributed by atoms with Gasteiger partial charge in [0.2, 0.25) is 11.8 Å². The zero-order valence-electron chi connectivity index (χ0n) is 16.1. The Hall–Kier alpha value is -3.13. The number of benzene rings is 2. The summed E-state index contributed by atoms with van der Waals surface area (Å²) in [6.45, 7) is 1.96. The first-order valence-corrected chi connectivity index (χ1v) is 9.99. The number of hydrogen-bond acceptors (Lipinski definition) is 7. The molecule has 2 aromatic carbocycles. The normalized spacial score (nSPS) is 11.7. The lowest BCUT2D eigenvalue weighted by molar-refractivity contribution is -0.144. The van der Waals surface area contributed by atoms with E-state index in [-0.39, 0.29) is 16.9 Å². The second kappa shape index (κ2) is 9.88. The third-order valence-electron chi connectivity index (χ3n) is 4.21. The molecule has 0 aliphatic rings. The summed E-state index contributed by atoms with van der Waals surface area (Å²) in [6.07, 6.45) is 0.349. The fourth-order valence-electron chi connectivity index (χ4n) is 2.74. The second-order valence-electron chi connectivity index (χ2n) is 6.31. The molecule has 0 radical (unpaired) electrons. The van der Waals surface area contributed by atoms with Gasteiger partial charge in [-0.1, -0.05) is 60.3 Å². The minimum atomic E-state index is -0.763. The third kappa shape index (κ3) is 5.68. The second-order valence-corrected chi connectivity index (χ2v) is 7.24. The molecule has 0 aliphatic heterocycles. The average molecular weight is 411 g/mol. The van der Waals surface area contributed by atoms with Crippen molar-refractivity contribution in [1.29, 1.82) is 0 Å². The summed E-state index contributed by atoms with van der Waals surface area (Å²) in [5, 5.41) is 11.0. The Labute approximate surface area is 172 Å². The summed E-state index contributed by atoms with van der Waals surface area (Å²) >= 11 is 1.11. The van der Waals surface area contributed by atoms with Crippen molar-refractivity contribution < 1.29 is 18.7 Å². The first-order chi connectivity index (χ1) is 14.1. The zero-order valence-corrected chi connectivity index (χ0v) is 16.9. The lowest BCUT2D eigenvalue weighted by atomic mass is 10.1. The summed E-state index contributed by atoms with van der Waals surface area (Å²) in [5.41, 5.74) is 2.80. The molecule has 150 valence electrons. The van der Waals surface area contributed by atoms with Gasteiger partial charge in [-0.25, -0.2) is 4.79 Å². The Bertz CT molecular complexity index is 975. The van der Waals surface area contributed by atoms with Gasteiger partial charge in [0.15, 0.2) is 0 Å². The highest BCUT2D eigenvalue weighted by Crippen LogP contribution is 2.25. The van der Waals surface area contributed by atoms with Crippen LogP contribution in [-0.2, 0) is 20.7 Å². The molecule has 0 saturated carbocycles. The highest BCUT2D eigenvalue weighted by atomic mass is 32.2. The topological polar surface area (TPSA) is 94.3 Å². The van der Waals surface area contributed by atoms with E-state index in [0.717, 1.165) is 28.5 Å². The van der Waals surface area contributed by atoms with E-state index >= 15 is 0 Å². The van der Waals surface area contributed by atoms with Gasteiger partial charge in [0.05, 0.1) is 12.9 Å². The number of carbonyl (C=O) groups is 2. The van der Waals surface area contributed by atoms with Gasteiger partial charge in [0, 0.05) is 12.0 Å². The molecular formula is C21H21N3O4S. The van der Waals surface area contributed by atoms with Crippen molar-refractivity contribution in [1.82, 2.24) is 15.5 Å². The fraction of sp³-hybridized carbons (Fsp3) is 0.238. The molecule has 29 heavy (non-hydrogen) atoms. The monoisotopic (exact) mass is 411 g/mol. The van der Waals surface area contributed by atoms with Crippen molar-refractivity contribution in [2.45, 2.75) is 24.6 Å². The number of methoxy groups -OCH3 is 1. The third-order valence-corrected chi connectivity index (χ3v) is 5.03. The van der Waals surface area contributed by atoms with Crippen LogP contribution in [0.3, 0.4) is 0 Å². The summed E-state index contributed by atoms with van der Waals surface area (Å²) < 4.78 is 10.4. The number of esters is 1. The van der Waals surface area contributed by atoms with E-state index in [4.69, 9.17) is 9.15 Å². The summed E-state index contributed by atoms with van der Waals surface area (Å²) in [4.78, 5) is 24.4. The van der Waals surface area contributed by atoms with Crippen molar-refractivity contribution in [3.63, 3.8) is 0 Å². The fourth-order valence-corrected chi connectivity index (χ4v) is 3.31. The number of nitrogens with zero attached hydrogens (tertiary/aromatic N) is 2. The molecule has 1 atom stereocenters. The minimum Gasteiger partial charge on any atom is -0.467 e. The molecule has 0 saturated heterocycles. The molecule has 7 nitrogen and oxygen atoms in total. The maximum Gasteiger partial charge on any atom is 0.328 e. The molecule has 1 amide bonds. The van der Waals surface area contributed by atoms with Crippen LogP contribution in [0.25, 0.3) is 11.5 Å². The summed E-state index contributed by atoms with van der Waals surface area (Å²) in [7, 11) is 1.30. The predicted molar refractivity (Wildman–Crippen MR) is 109 cm³/mol. The van der Waals surface area contributed by atoms with E-state index in [9.17, 15) is 9.59 Å². The van der Waals surface area contributed by atoms with Crippen LogP contribution in [0.1, 0.15) is 11.1 Å². The van der Waals surface area contributed by atoms with Crippen molar-refractivity contribution in [3.8, 4) is 11.5 Å². The Kier molecular flexibility index (Phi) is 7.02. The smallest absolute Gasteiger partial charge is 0.328 e. The highest BCUT2D eigenvalue weighted by Gasteiger charge is 2.22. The van der Waals surface area contributed by atoms with E-state index < -0.39 is 12.0 Å². The molecule has 0 unspecified atom stereocenters. The molecular weight excluding hydrogens is 390 g/mol. The van der Waals surface area contributed by atoms with E-state index in [2.05, 4.69) is 15.5 Å². The number of ether oxygens (including phenoxy) is 1. The maximum atomic E-state index is 12.3. The number of aromatic nitrogens is 2. The molecule has 1 heterocycles. The van der Waals surface area contributed by atoms with E-state index in [1.165, 1.54) is 7.11 Å². The zero-order chi connectivity index (χ0) is 20.6. The number of nitrogens with one attached hydrogen (secondary N) is 1. The molecule has 1 N–H and O–H groups in total. The van der Waals surface area contributed by atoms with Crippen LogP contribution in [0, 0.1) is 6.92 Å². The van der Waals surface area contributed by atoms with E-state index in [1.54, 1.807) is 0 Å². The Balaban J connectivity index is 1.58. The molecule has 0 fully saturated rings. The number of amides is 1. The average Bonchev–Trinajstić information content (AvgIpc) is 3.21. The van der Waals surface area contributed by atoms with Crippen LogP contribution in [-0.4, -0.2) is 41.0 Å². The number of rotatable bonds is 8. The van der Waals surface area contributed by atoms with Crippen molar-refractivity contribution in [2.24, 2.45) is 0 Å². The molecule has 3 rings (SSSR count). The summed E-state index contributed by atoms with van der Waals surface area (Å²) in [5.74, 6) is -0.371. The van der Waals surface area contributed by atoms with Crippen molar-refractivity contribution in [3.05, 3.63) is 65.7 Å². The number of aryl methyl sites for hydroxylation is 1. The standard InChI is InChI=1S/C21H21N3O4S/c1-14-8-6-7-11-16(14)19-23-24-21(28-19)29-13-18(25)22-17(20(26)27-2)12-15-9-4-3-5-10-15/h3-11,17H,12-13H2,1-2H3,(H,22,25)/t17-/m0/s1. The lowest BCUT2D eigenvalue weighted by Crippen LogP contribution is -2.43. The van der Waals surface area contributed by atoms with Crippen molar-refractivity contribution >= 4 is 23.6 Å². The van der Waals surface area contributed by atoms with Gasteiger partial charge in [0.1, 0.15) is 6.04 Å². The summed E-state index contributed by atoms with van der Waals surface area (Å²) in [6, 6.07) is 16.3. The molecule has 1 aromatic heterocycles. The number of thioether (sulfide) groups is 1. The minimum absolute atomic E-state index is 0.0394. The molecule has 0 spiro atoms. The molecule has 0 aliphatic carbocycles. The van der Waals surface area contributed by atoms with Crippen LogP contribution in [0.4, 0.5) is 0 Å². The van der Waals surface area contributed by atoms with Crippen LogP contribution in [0.15, 0.2) is 64.2 Å². The van der Waals surface area contributed by atoms with Gasteiger partial charge < -0.3 is 14.5 Å². The molecule has 8 heteroatoms. The Morgan fingerprint density at radius 2 is 1.83 bits per heavy atom. The van der Waals surface area contributed by atoms with Gasteiger partial charge >= 0.3 is 5.97 Å². The first kappa shape index (κ1) is 20.6. The predicted octanol–water partition coefficient (Wildman–Crippen LogP) is 3.04. The van der Waals surface area contributed by atoms with Gasteiger partial charge in [0.25, 0.3) is 5.22 Å². The lowest BCUT2D eigenvalue weighted by Gasteiger charge is -2.16. The van der Waals surface area contributed by atoms with Gasteiger partial charge in [-0.2, -0.15) is 0 Å². The number of carbonyl (C=O) groups excluding carboxylic acids is 2. The van der Waals surface area contributed by atoms with Gasteiger partial charge in [-0.05, 0) is 24.1 Å². The van der Waals surface area contributed by atoms with Crippen molar-refractivity contribution in [2.75, 3.05) is 12.9 Å². The SMILES string of the molecule is COC(=O)[C@H](Cc1ccccc1)NC(=O)CSc1nnc(-c2ccccc2C)o1. The van der Waals surface area contributed by atoms with E-state index in [0.29, 0.717) is 12.3 Å². The number of hydrogen-bond donors (Lipinski definition) is 1. The highest BCUT2D eigenvalue weighted by molar-refractivity contribution is 7.99. The largest absolute Gasteiger partial charge is 0.467 e. The van der Waals surface area contributed by atoms with Crippen LogP contribution in [0.2, 0.25) is 0 Å². The molecule has 0 bridgehead atoms. The molecule has 3 aromatic rings. The van der Waals surface area contributed by atoms with Crippen LogP contribution < -0.4 is 5.32 Å². The van der Waals surface area contributed by atoms with Gasteiger partial charge in [-0.3, -0.25) is 4.79 Å². The Morgan fingerprint density at radius 3 is 2.55 bits per heavy atom. The Morgan fingerprint density at radius 1 is 1.10 bits per heavy atom. The quantitative estimate of drug-likeness (QED) is 0.450. The van der Waals surface area contributed by atoms with E-state index in [1.807, 2.05) is 61.5 Å². The first-order valence-electron chi connectivity index (χ1n) is 9.00. The van der Waals surface area contributed by atoms with Crippen LogP contribution in [0.5, 0.6) is 0 Å². The van der Waals surface area contributed by atoms with Gasteiger partial charge in [-0.15, -0.1) is 10.2 Å². The maximum absolute atomic E-state index is 12.3. The van der Waals surface area contributed by atoms with Crippen LogP contribution >= 0.6 is 11.8 Å².